The predicted molar refractivity (Wildman–Crippen MR) is 254 cm³/mol. The maximum Gasteiger partial charge on any atom is 0.257 e. The van der Waals surface area contributed by atoms with Crippen LogP contribution in [0.3, 0.4) is 0 Å². The first kappa shape index (κ1) is 31.8. The van der Waals surface area contributed by atoms with Crippen molar-refractivity contribution in [3.8, 4) is 11.5 Å². The van der Waals surface area contributed by atoms with Gasteiger partial charge in [-0.25, -0.2) is 0 Å². The fourth-order valence-corrected chi connectivity index (χ4v) is 11.9. The van der Waals surface area contributed by atoms with E-state index in [1.54, 1.807) is 0 Å². The summed E-state index contributed by atoms with van der Waals surface area (Å²) in [6.45, 7) is -0.333. The molecule has 9 aromatic carbocycles. The Kier molecular flexibility index (Phi) is 5.63. The molecule has 0 N–H and O–H groups in total. The largest absolute Gasteiger partial charge is 0.457 e. The zero-order valence-corrected chi connectivity index (χ0v) is 33.0. The van der Waals surface area contributed by atoms with Crippen molar-refractivity contribution >= 4 is 141 Å². The van der Waals surface area contributed by atoms with Gasteiger partial charge in [-0.2, -0.15) is 0 Å². The number of fused-ring (bicyclic) bond motifs is 14. The Bertz CT molecular complexity index is 3600. The summed E-state index contributed by atoms with van der Waals surface area (Å²) in [4.78, 5) is 7.53. The van der Waals surface area contributed by atoms with Crippen molar-refractivity contribution < 1.29 is 13.6 Å². The van der Waals surface area contributed by atoms with Crippen LogP contribution < -0.4 is 52.2 Å². The fourth-order valence-electron chi connectivity index (χ4n) is 11.9. The van der Waals surface area contributed by atoms with Crippen molar-refractivity contribution in [2.45, 2.75) is 0 Å². The van der Waals surface area contributed by atoms with Crippen molar-refractivity contribution in [1.82, 2.24) is 0 Å². The molecule has 16 rings (SSSR count). The molecule has 0 fully saturated rings. The number of para-hydroxylation sites is 6. The molecule has 0 bridgehead atoms. The van der Waals surface area contributed by atoms with Gasteiger partial charge in [-0.15, -0.1) is 0 Å². The van der Waals surface area contributed by atoms with E-state index in [1.165, 1.54) is 27.5 Å². The van der Waals surface area contributed by atoms with Gasteiger partial charge in [-0.3, -0.25) is 0 Å². The van der Waals surface area contributed by atoms with Crippen LogP contribution in [0.4, 0.5) is 51.2 Å². The van der Waals surface area contributed by atoms with Gasteiger partial charge in [-0.1, -0.05) is 109 Å². The number of benzene rings is 9. The lowest BCUT2D eigenvalue weighted by molar-refractivity contribution is 0.479. The third kappa shape index (κ3) is 3.65. The van der Waals surface area contributed by atoms with E-state index in [0.717, 1.165) is 112 Å². The molecule has 0 radical (unpaired) electrons. The molecule has 0 atom stereocenters. The van der Waals surface area contributed by atoms with E-state index in [-0.39, 0.29) is 13.4 Å². The van der Waals surface area contributed by atoms with Crippen molar-refractivity contribution in [2.24, 2.45) is 0 Å². The number of nitrogens with zero attached hydrogens (tertiary/aromatic N) is 3. The molecule has 2 aromatic heterocycles. The Hall–Kier alpha value is -8.09. The molecule has 0 spiro atoms. The summed E-state index contributed by atoms with van der Waals surface area (Å²) in [5, 5.41) is 4.26. The Morgan fingerprint density at radius 1 is 0.339 bits per heavy atom. The van der Waals surface area contributed by atoms with Gasteiger partial charge in [0.2, 0.25) is 0 Å². The fraction of sp³-hybridized carbons (Fsp3) is 0. The molecule has 62 heavy (non-hydrogen) atoms. The van der Waals surface area contributed by atoms with Gasteiger partial charge >= 0.3 is 0 Å². The average molecular weight is 789 g/mol. The summed E-state index contributed by atoms with van der Waals surface area (Å²) in [6, 6.07) is 63.4. The van der Waals surface area contributed by atoms with Crippen LogP contribution in [0.15, 0.2) is 185 Å². The summed E-state index contributed by atoms with van der Waals surface area (Å²) in [6.07, 6.45) is 0. The van der Waals surface area contributed by atoms with Crippen LogP contribution >= 0.6 is 0 Å². The Balaban J connectivity index is 1.15. The van der Waals surface area contributed by atoms with Crippen LogP contribution in [-0.4, -0.2) is 13.4 Å². The number of rotatable bonds is 2. The monoisotopic (exact) mass is 789 g/mol. The first-order chi connectivity index (χ1) is 30.8. The van der Waals surface area contributed by atoms with E-state index < -0.39 is 0 Å². The number of anilines is 9. The molecule has 6 nitrogen and oxygen atoms in total. The van der Waals surface area contributed by atoms with E-state index >= 15 is 0 Å². The molecule has 0 amide bonds. The number of ether oxygens (including phenoxy) is 1. The van der Waals surface area contributed by atoms with E-state index in [2.05, 4.69) is 191 Å². The summed E-state index contributed by atoms with van der Waals surface area (Å²) in [5.41, 5.74) is 20.8. The summed E-state index contributed by atoms with van der Waals surface area (Å²) in [7, 11) is 0. The molecule has 284 valence electrons. The first-order valence-corrected chi connectivity index (χ1v) is 21.3. The van der Waals surface area contributed by atoms with E-state index in [1.807, 2.05) is 0 Å². The van der Waals surface area contributed by atoms with Crippen LogP contribution in [0.25, 0.3) is 43.9 Å². The summed E-state index contributed by atoms with van der Waals surface area (Å²) < 4.78 is 21.6. The molecule has 0 saturated carbocycles. The van der Waals surface area contributed by atoms with Crippen LogP contribution in [0.5, 0.6) is 11.5 Å². The second-order valence-corrected chi connectivity index (χ2v) is 17.1. The lowest BCUT2D eigenvalue weighted by atomic mass is 9.28. The molecule has 0 saturated heterocycles. The van der Waals surface area contributed by atoms with E-state index in [0.29, 0.717) is 0 Å². The third-order valence-electron chi connectivity index (χ3n) is 14.2. The lowest BCUT2D eigenvalue weighted by Crippen LogP contribution is -2.69. The molecular weight excluding hydrogens is 760 g/mol. The van der Waals surface area contributed by atoms with Gasteiger partial charge < -0.3 is 28.3 Å². The zero-order valence-electron chi connectivity index (χ0n) is 33.0. The van der Waals surface area contributed by atoms with Crippen molar-refractivity contribution in [1.29, 1.82) is 0 Å². The normalized spacial score (nSPS) is 14.4. The predicted octanol–water partition coefficient (Wildman–Crippen LogP) is 10.3. The van der Waals surface area contributed by atoms with Gasteiger partial charge in [0.05, 0.1) is 11.4 Å². The van der Waals surface area contributed by atoms with Gasteiger partial charge in [0.1, 0.15) is 22.3 Å². The molecule has 0 unspecified atom stereocenters. The number of hydrogen-bond donors (Lipinski definition) is 0. The molecule has 8 heteroatoms. The topological polar surface area (TPSA) is 45.2 Å². The van der Waals surface area contributed by atoms with Crippen LogP contribution in [0, 0.1) is 0 Å². The molecule has 0 aliphatic carbocycles. The van der Waals surface area contributed by atoms with Crippen LogP contribution in [0.2, 0.25) is 0 Å². The average Bonchev–Trinajstić information content (AvgIpc) is 3.89. The molecule has 7 heterocycles. The molecule has 11 aromatic rings. The highest BCUT2D eigenvalue weighted by Crippen LogP contribution is 2.58. The maximum absolute atomic E-state index is 7.40. The molecule has 5 aliphatic rings. The van der Waals surface area contributed by atoms with Crippen molar-refractivity contribution in [3.05, 3.63) is 176 Å². The van der Waals surface area contributed by atoms with Gasteiger partial charge in [0.15, 0.2) is 11.5 Å². The Labute approximate surface area is 355 Å². The highest BCUT2D eigenvalue weighted by Gasteiger charge is 2.56. The third-order valence-corrected chi connectivity index (χ3v) is 14.2. The number of furan rings is 2. The summed E-state index contributed by atoms with van der Waals surface area (Å²) in [5.74, 6) is 1.65. The van der Waals surface area contributed by atoms with Gasteiger partial charge in [0, 0.05) is 72.3 Å². The standard InChI is InChI=1S/C54H29B2N3O3/c1-3-15-30(16-4-1)57-38-23-11-9-21-36(38)55-46-40(57)29-41-47-52(46)59-50-44(27-34-32-19-7-13-25-42(32)61-53(34)48(50)55)60-45-28-35-33-20-8-14-26-43(33)62-54(35)49(51(45)59)56(47)37-22-10-12-24-39(37)58(41)31-17-5-2-6-18-31/h1-29H. The quantitative estimate of drug-likeness (QED) is 0.163. The highest BCUT2D eigenvalue weighted by atomic mass is 16.5. The van der Waals surface area contributed by atoms with Crippen molar-refractivity contribution in [3.63, 3.8) is 0 Å². The summed E-state index contributed by atoms with van der Waals surface area (Å²) >= 11 is 0. The zero-order chi connectivity index (χ0) is 39.9. The second-order valence-electron chi connectivity index (χ2n) is 17.1. The van der Waals surface area contributed by atoms with Gasteiger partial charge in [0.25, 0.3) is 13.4 Å². The minimum absolute atomic E-state index is 0.166. The van der Waals surface area contributed by atoms with E-state index in [9.17, 15) is 0 Å². The Morgan fingerprint density at radius 2 is 0.774 bits per heavy atom. The minimum Gasteiger partial charge on any atom is -0.457 e. The minimum atomic E-state index is -0.166. The van der Waals surface area contributed by atoms with Crippen molar-refractivity contribution in [2.75, 3.05) is 14.7 Å². The number of hydrogen-bond acceptors (Lipinski definition) is 6. The lowest BCUT2D eigenvalue weighted by Gasteiger charge is -2.52. The van der Waals surface area contributed by atoms with Gasteiger partial charge in [-0.05, 0) is 88.6 Å². The maximum atomic E-state index is 7.40. The molecule has 5 aliphatic heterocycles. The van der Waals surface area contributed by atoms with Crippen LogP contribution in [0.1, 0.15) is 0 Å². The smallest absolute Gasteiger partial charge is 0.257 e. The second kappa shape index (κ2) is 11.0. The SMILES string of the molecule is c1ccc(N2c3ccccc3B3c4c2cc2c5c4N4c6c(cc7c(oc8ccccc87)c63)Oc3cc6c(oc7ccccc76)c(c34)B5c3ccccc3N2c2ccccc2)cc1. The van der Waals surface area contributed by atoms with Crippen LogP contribution in [-0.2, 0) is 0 Å². The highest BCUT2D eigenvalue weighted by molar-refractivity contribution is 7.06. The van der Waals surface area contributed by atoms with E-state index in [4.69, 9.17) is 13.6 Å². The molecular formula is C54H29B2N3O3. The Morgan fingerprint density at radius 3 is 1.27 bits per heavy atom. The first-order valence-electron chi connectivity index (χ1n) is 21.3.